The molecule has 0 N–H and O–H groups in total. The Morgan fingerprint density at radius 1 is 1.18 bits per heavy atom. The molecular formula is C15H19NO. The molecular weight excluding hydrogens is 210 g/mol. The Labute approximate surface area is 102 Å². The van der Waals surface area contributed by atoms with Crippen molar-refractivity contribution in [2.45, 2.75) is 40.2 Å². The minimum absolute atomic E-state index is 0.123. The normalized spacial score (nSPS) is 11.0. The molecule has 0 aliphatic carbocycles. The van der Waals surface area contributed by atoms with E-state index in [1.807, 2.05) is 11.5 Å². The number of fused-ring (bicyclic) bond motifs is 1. The van der Waals surface area contributed by atoms with Crippen LogP contribution in [-0.2, 0) is 6.54 Å². The first-order valence-corrected chi connectivity index (χ1v) is 6.25. The van der Waals surface area contributed by atoms with Crippen molar-refractivity contribution in [3.63, 3.8) is 0 Å². The maximum atomic E-state index is 12.1. The van der Waals surface area contributed by atoms with Crippen molar-refractivity contribution in [3.05, 3.63) is 45.7 Å². The van der Waals surface area contributed by atoms with Crippen LogP contribution in [-0.4, -0.2) is 4.57 Å². The summed E-state index contributed by atoms with van der Waals surface area (Å²) in [5.41, 5.74) is 3.48. The summed E-state index contributed by atoms with van der Waals surface area (Å²) in [4.78, 5) is 12.1. The number of para-hydroxylation sites is 1. The van der Waals surface area contributed by atoms with E-state index in [0.717, 1.165) is 30.5 Å². The lowest BCUT2D eigenvalue weighted by atomic mass is 10.1. The van der Waals surface area contributed by atoms with Gasteiger partial charge in [0.2, 0.25) is 0 Å². The van der Waals surface area contributed by atoms with Gasteiger partial charge in [-0.3, -0.25) is 4.79 Å². The summed E-state index contributed by atoms with van der Waals surface area (Å²) < 4.78 is 1.92. The Morgan fingerprint density at radius 2 is 1.94 bits per heavy atom. The molecule has 0 saturated heterocycles. The Bertz CT molecular complexity index is 596. The highest BCUT2D eigenvalue weighted by molar-refractivity contribution is 5.85. The van der Waals surface area contributed by atoms with E-state index in [2.05, 4.69) is 32.0 Å². The Hall–Kier alpha value is -1.57. The topological polar surface area (TPSA) is 22.0 Å². The Balaban J connectivity index is 2.76. The molecule has 2 rings (SSSR count). The number of pyridine rings is 1. The van der Waals surface area contributed by atoms with Crippen LogP contribution in [0.1, 0.15) is 30.9 Å². The van der Waals surface area contributed by atoms with E-state index in [4.69, 9.17) is 0 Å². The van der Waals surface area contributed by atoms with Gasteiger partial charge in [0, 0.05) is 18.0 Å². The van der Waals surface area contributed by atoms with Crippen molar-refractivity contribution in [2.75, 3.05) is 0 Å². The largest absolute Gasteiger partial charge is 0.308 e. The molecule has 0 unspecified atom stereocenters. The van der Waals surface area contributed by atoms with Gasteiger partial charge >= 0.3 is 0 Å². The maximum Gasteiger partial charge on any atom is 0.251 e. The van der Waals surface area contributed by atoms with Gasteiger partial charge in [-0.05, 0) is 31.4 Å². The van der Waals surface area contributed by atoms with E-state index in [9.17, 15) is 4.79 Å². The average Bonchev–Trinajstić information content (AvgIpc) is 2.30. The average molecular weight is 229 g/mol. The van der Waals surface area contributed by atoms with Crippen LogP contribution in [0.4, 0.5) is 0 Å². The fourth-order valence-corrected chi connectivity index (χ4v) is 2.32. The van der Waals surface area contributed by atoms with Crippen LogP contribution in [0.25, 0.3) is 10.9 Å². The summed E-state index contributed by atoms with van der Waals surface area (Å²) >= 11 is 0. The highest BCUT2D eigenvalue weighted by Gasteiger charge is 2.07. The second-order valence-electron chi connectivity index (χ2n) is 4.64. The highest BCUT2D eigenvalue weighted by atomic mass is 16.1. The predicted octanol–water partition coefficient (Wildman–Crippen LogP) is 3.42. The summed E-state index contributed by atoms with van der Waals surface area (Å²) in [7, 11) is 0. The molecule has 0 radical (unpaired) electrons. The summed E-state index contributed by atoms with van der Waals surface area (Å²) in [5.74, 6) is 0. The van der Waals surface area contributed by atoms with Crippen LogP contribution in [0.15, 0.2) is 29.1 Å². The van der Waals surface area contributed by atoms with Crippen LogP contribution in [0.3, 0.4) is 0 Å². The van der Waals surface area contributed by atoms with E-state index in [1.165, 1.54) is 10.9 Å². The molecule has 0 saturated carbocycles. The first-order valence-electron chi connectivity index (χ1n) is 6.25. The number of rotatable bonds is 3. The third-order valence-electron chi connectivity index (χ3n) is 3.27. The van der Waals surface area contributed by atoms with Crippen molar-refractivity contribution in [3.8, 4) is 0 Å². The minimum atomic E-state index is 0.123. The van der Waals surface area contributed by atoms with Crippen LogP contribution < -0.4 is 5.56 Å². The van der Waals surface area contributed by atoms with Crippen molar-refractivity contribution in [2.24, 2.45) is 0 Å². The number of aryl methyl sites for hydroxylation is 3. The molecule has 0 spiro atoms. The highest BCUT2D eigenvalue weighted by Crippen LogP contribution is 2.20. The third kappa shape index (κ3) is 2.12. The third-order valence-corrected chi connectivity index (χ3v) is 3.27. The van der Waals surface area contributed by atoms with Crippen LogP contribution in [0, 0.1) is 13.8 Å². The van der Waals surface area contributed by atoms with Crippen molar-refractivity contribution in [1.29, 1.82) is 0 Å². The number of nitrogens with zero attached hydrogens (tertiary/aromatic N) is 1. The summed E-state index contributed by atoms with van der Waals surface area (Å²) in [6.45, 7) is 7.04. The predicted molar refractivity (Wildman–Crippen MR) is 72.6 cm³/mol. The number of hydrogen-bond donors (Lipinski definition) is 0. The lowest BCUT2D eigenvalue weighted by Gasteiger charge is -2.13. The number of benzene rings is 1. The molecule has 1 aromatic heterocycles. The van der Waals surface area contributed by atoms with Gasteiger partial charge in [-0.25, -0.2) is 0 Å². The van der Waals surface area contributed by atoms with E-state index < -0.39 is 0 Å². The molecule has 0 atom stereocenters. The van der Waals surface area contributed by atoms with Gasteiger partial charge in [-0.2, -0.15) is 0 Å². The molecule has 0 amide bonds. The zero-order valence-corrected chi connectivity index (χ0v) is 10.8. The summed E-state index contributed by atoms with van der Waals surface area (Å²) in [6, 6.07) is 7.97. The Kier molecular flexibility index (Phi) is 3.32. The van der Waals surface area contributed by atoms with Gasteiger partial charge in [0.15, 0.2) is 0 Å². The second kappa shape index (κ2) is 4.74. The van der Waals surface area contributed by atoms with E-state index >= 15 is 0 Å². The lowest BCUT2D eigenvalue weighted by Crippen LogP contribution is -2.21. The molecule has 2 nitrogen and oxygen atoms in total. The van der Waals surface area contributed by atoms with Crippen LogP contribution >= 0.6 is 0 Å². The van der Waals surface area contributed by atoms with Crippen molar-refractivity contribution in [1.82, 2.24) is 4.57 Å². The quantitative estimate of drug-likeness (QED) is 0.790. The van der Waals surface area contributed by atoms with Gasteiger partial charge in [0.1, 0.15) is 0 Å². The zero-order valence-electron chi connectivity index (χ0n) is 10.8. The molecule has 1 heterocycles. The maximum absolute atomic E-state index is 12.1. The molecule has 90 valence electrons. The van der Waals surface area contributed by atoms with E-state index in [1.54, 1.807) is 6.07 Å². The van der Waals surface area contributed by atoms with Gasteiger partial charge in [0.05, 0.1) is 5.52 Å². The Morgan fingerprint density at radius 3 is 2.65 bits per heavy atom. The number of hydrogen-bond acceptors (Lipinski definition) is 1. The van der Waals surface area contributed by atoms with Crippen LogP contribution in [0.2, 0.25) is 0 Å². The summed E-state index contributed by atoms with van der Waals surface area (Å²) in [6.07, 6.45) is 2.15. The minimum Gasteiger partial charge on any atom is -0.308 e. The standard InChI is InChI=1S/C15H19NO/c1-4-5-9-16-14(17)10-12(3)13-8-6-7-11(2)15(13)16/h6-8,10H,4-5,9H2,1-3H3. The first kappa shape index (κ1) is 11.9. The van der Waals surface area contributed by atoms with Gasteiger partial charge in [-0.15, -0.1) is 0 Å². The molecule has 0 fully saturated rings. The second-order valence-corrected chi connectivity index (χ2v) is 4.64. The molecule has 0 aliphatic rings. The fourth-order valence-electron chi connectivity index (χ4n) is 2.32. The van der Waals surface area contributed by atoms with E-state index in [-0.39, 0.29) is 5.56 Å². The van der Waals surface area contributed by atoms with Gasteiger partial charge in [-0.1, -0.05) is 31.5 Å². The SMILES string of the molecule is CCCCn1c(=O)cc(C)c2cccc(C)c21. The molecule has 2 heteroatoms. The molecule has 0 bridgehead atoms. The first-order chi connectivity index (χ1) is 8.15. The molecule has 0 aliphatic heterocycles. The fraction of sp³-hybridized carbons (Fsp3) is 0.400. The van der Waals surface area contributed by atoms with Crippen LogP contribution in [0.5, 0.6) is 0 Å². The van der Waals surface area contributed by atoms with E-state index in [0.29, 0.717) is 0 Å². The zero-order chi connectivity index (χ0) is 12.4. The smallest absolute Gasteiger partial charge is 0.251 e. The van der Waals surface area contributed by atoms with Crippen molar-refractivity contribution >= 4 is 10.9 Å². The lowest BCUT2D eigenvalue weighted by molar-refractivity contribution is 0.630. The molecule has 2 aromatic rings. The molecule has 17 heavy (non-hydrogen) atoms. The van der Waals surface area contributed by atoms with Crippen molar-refractivity contribution < 1.29 is 0 Å². The van der Waals surface area contributed by atoms with Gasteiger partial charge < -0.3 is 4.57 Å². The monoisotopic (exact) mass is 229 g/mol. The molecule has 1 aromatic carbocycles. The number of aromatic nitrogens is 1. The summed E-state index contributed by atoms with van der Waals surface area (Å²) in [5, 5.41) is 1.20. The van der Waals surface area contributed by atoms with Gasteiger partial charge in [0.25, 0.3) is 5.56 Å². The number of unbranched alkanes of at least 4 members (excludes halogenated alkanes) is 1.